The average Bonchev–Trinajstić information content (AvgIpc) is 3.42. The van der Waals surface area contributed by atoms with E-state index in [1.807, 2.05) is 4.90 Å². The van der Waals surface area contributed by atoms with E-state index in [1.165, 1.54) is 11.8 Å². The second kappa shape index (κ2) is 6.49. The lowest BCUT2D eigenvalue weighted by Crippen LogP contribution is -2.43. The molecule has 2 saturated heterocycles. The summed E-state index contributed by atoms with van der Waals surface area (Å²) in [6.07, 6.45) is 5.46. The Balaban J connectivity index is 1.40. The minimum Gasteiger partial charge on any atom is -0.461 e. The maximum atomic E-state index is 12.8. The van der Waals surface area contributed by atoms with Crippen molar-refractivity contribution in [3.63, 3.8) is 0 Å². The molecule has 8 heteroatoms. The number of nitrogens with one attached hydrogen (secondary N) is 1. The summed E-state index contributed by atoms with van der Waals surface area (Å²) in [4.78, 5) is 19.2. The molecule has 2 fully saturated rings. The number of nitrogens with zero attached hydrogens (tertiary/aromatic N) is 3. The number of aromatic amines is 1. The van der Waals surface area contributed by atoms with Crippen LogP contribution in [0.1, 0.15) is 32.6 Å². The first-order valence-electron chi connectivity index (χ1n) is 8.68. The lowest BCUT2D eigenvalue weighted by Gasteiger charge is -2.34. The Kier molecular flexibility index (Phi) is 4.33. The smallest absolute Gasteiger partial charge is 0.233 e. The molecule has 4 rings (SSSR count). The lowest BCUT2D eigenvalue weighted by molar-refractivity contribution is -0.130. The van der Waals surface area contributed by atoms with Crippen LogP contribution in [0.4, 0.5) is 0 Å². The predicted molar refractivity (Wildman–Crippen MR) is 92.9 cm³/mol. The number of thioether (sulfide) groups is 1. The van der Waals surface area contributed by atoms with Crippen molar-refractivity contribution in [1.82, 2.24) is 20.1 Å². The van der Waals surface area contributed by atoms with Gasteiger partial charge in [-0.05, 0) is 37.8 Å². The summed E-state index contributed by atoms with van der Waals surface area (Å²) >= 11 is 1.33. The molecular weight excluding hydrogens is 340 g/mol. The minimum atomic E-state index is -0.111. The Bertz CT molecular complexity index is 741. The monoisotopic (exact) mass is 362 g/mol. The molecule has 2 aliphatic heterocycles. The zero-order valence-corrected chi connectivity index (χ0v) is 15.0. The fourth-order valence-corrected chi connectivity index (χ4v) is 5.03. The molecule has 0 saturated carbocycles. The molecule has 1 amide bonds. The number of H-pyrrole nitrogens is 1. The molecule has 2 bridgehead atoms. The molecule has 0 aromatic carbocycles. The highest BCUT2D eigenvalue weighted by molar-refractivity contribution is 7.99. The molecule has 4 heterocycles. The van der Waals surface area contributed by atoms with Crippen LogP contribution in [0.2, 0.25) is 0 Å². The third-order valence-electron chi connectivity index (χ3n) is 5.70. The van der Waals surface area contributed by atoms with Crippen LogP contribution in [-0.2, 0) is 4.79 Å². The van der Waals surface area contributed by atoms with Crippen molar-refractivity contribution in [3.05, 3.63) is 18.4 Å². The van der Waals surface area contributed by atoms with Crippen molar-refractivity contribution < 1.29 is 14.3 Å². The molecule has 3 atom stereocenters. The molecule has 2 aliphatic rings. The van der Waals surface area contributed by atoms with Crippen LogP contribution in [-0.4, -0.2) is 55.5 Å². The van der Waals surface area contributed by atoms with Gasteiger partial charge >= 0.3 is 0 Å². The van der Waals surface area contributed by atoms with Crippen LogP contribution >= 0.6 is 11.8 Å². The fourth-order valence-electron chi connectivity index (χ4n) is 4.36. The van der Waals surface area contributed by atoms with Crippen molar-refractivity contribution in [2.45, 2.75) is 49.8 Å². The summed E-state index contributed by atoms with van der Waals surface area (Å²) < 4.78 is 5.28. The number of rotatable bonds is 6. The van der Waals surface area contributed by atoms with E-state index in [1.54, 1.807) is 18.4 Å². The van der Waals surface area contributed by atoms with E-state index in [0.717, 1.165) is 25.7 Å². The van der Waals surface area contributed by atoms with Gasteiger partial charge in [0.2, 0.25) is 11.1 Å². The Labute approximate surface area is 150 Å². The molecule has 0 radical (unpaired) electrons. The normalized spacial score (nSPS) is 28.0. The van der Waals surface area contributed by atoms with E-state index in [9.17, 15) is 9.90 Å². The highest BCUT2D eigenvalue weighted by atomic mass is 32.2. The van der Waals surface area contributed by atoms with Gasteiger partial charge in [-0.15, -0.1) is 5.10 Å². The van der Waals surface area contributed by atoms with Crippen LogP contribution in [0.15, 0.2) is 28.0 Å². The summed E-state index contributed by atoms with van der Waals surface area (Å²) in [5.74, 6) is 1.62. The first-order valence-corrected chi connectivity index (χ1v) is 9.66. The van der Waals surface area contributed by atoms with E-state index in [-0.39, 0.29) is 30.0 Å². The Morgan fingerprint density at radius 3 is 3.12 bits per heavy atom. The number of aliphatic hydroxyl groups excluding tert-OH is 1. The van der Waals surface area contributed by atoms with Crippen LogP contribution in [0.5, 0.6) is 0 Å². The summed E-state index contributed by atoms with van der Waals surface area (Å²) in [6.45, 7) is 2.27. The van der Waals surface area contributed by atoms with Gasteiger partial charge in [0.15, 0.2) is 11.6 Å². The Morgan fingerprint density at radius 2 is 2.44 bits per heavy atom. The van der Waals surface area contributed by atoms with Crippen LogP contribution < -0.4 is 0 Å². The molecule has 0 spiro atoms. The first kappa shape index (κ1) is 16.7. The highest BCUT2D eigenvalue weighted by Gasteiger charge is 2.56. The number of hydrogen-bond donors (Lipinski definition) is 2. The summed E-state index contributed by atoms with van der Waals surface area (Å²) in [6, 6.07) is 4.04. The van der Waals surface area contributed by atoms with Gasteiger partial charge in [-0.2, -0.15) is 4.98 Å². The third-order valence-corrected chi connectivity index (χ3v) is 6.53. The third kappa shape index (κ3) is 2.77. The summed E-state index contributed by atoms with van der Waals surface area (Å²) in [5, 5.41) is 17.4. The zero-order chi connectivity index (χ0) is 17.4. The second-order valence-electron chi connectivity index (χ2n) is 6.86. The Hall–Kier alpha value is -1.80. The van der Waals surface area contributed by atoms with Crippen LogP contribution in [0.25, 0.3) is 11.6 Å². The molecule has 2 aromatic rings. The van der Waals surface area contributed by atoms with E-state index in [0.29, 0.717) is 22.5 Å². The standard InChI is InChI=1S/C17H22N4O3S/c1-2-17(10-22)8-11-5-6-13(17)21(11)14(23)9-25-16-18-15(19-20-16)12-4-3-7-24-12/h3-4,7,11,13,22H,2,5-6,8-10H2,1H3,(H,18,19,20)/t11-,13+,17-/m0/s1. The highest BCUT2D eigenvalue weighted by Crippen LogP contribution is 2.51. The number of aliphatic hydroxyl groups is 1. The number of aromatic nitrogens is 3. The zero-order valence-electron chi connectivity index (χ0n) is 14.1. The lowest BCUT2D eigenvalue weighted by atomic mass is 9.72. The molecule has 0 unspecified atom stereocenters. The van der Waals surface area contributed by atoms with E-state index in [2.05, 4.69) is 22.1 Å². The average molecular weight is 362 g/mol. The topological polar surface area (TPSA) is 95.2 Å². The van der Waals surface area contributed by atoms with Gasteiger partial charge in [0.25, 0.3) is 0 Å². The number of amides is 1. The Morgan fingerprint density at radius 1 is 1.56 bits per heavy atom. The number of hydrogen-bond acceptors (Lipinski definition) is 6. The van der Waals surface area contributed by atoms with Crippen LogP contribution in [0.3, 0.4) is 0 Å². The number of carbonyl (C=O) groups is 1. The SMILES string of the molecule is CC[C@@]1(CO)C[C@@H]2CC[C@H]1N2C(=O)CSc1n[nH]c(-c2ccco2)n1. The van der Waals surface area contributed by atoms with Gasteiger partial charge in [-0.3, -0.25) is 9.89 Å². The molecule has 7 nitrogen and oxygen atoms in total. The molecule has 2 N–H and O–H groups in total. The van der Waals surface area contributed by atoms with Crippen molar-refractivity contribution in [2.75, 3.05) is 12.4 Å². The van der Waals surface area contributed by atoms with E-state index < -0.39 is 0 Å². The van der Waals surface area contributed by atoms with E-state index >= 15 is 0 Å². The fraction of sp³-hybridized carbons (Fsp3) is 0.588. The molecule has 0 aliphatic carbocycles. The van der Waals surface area contributed by atoms with Crippen molar-refractivity contribution in [1.29, 1.82) is 0 Å². The molecule has 25 heavy (non-hydrogen) atoms. The maximum absolute atomic E-state index is 12.8. The number of fused-ring (bicyclic) bond motifs is 2. The van der Waals surface area contributed by atoms with Gasteiger partial charge in [0, 0.05) is 17.5 Å². The van der Waals surface area contributed by atoms with Crippen molar-refractivity contribution in [2.24, 2.45) is 5.41 Å². The molecular formula is C17H22N4O3S. The summed E-state index contributed by atoms with van der Waals surface area (Å²) in [7, 11) is 0. The molecule has 134 valence electrons. The van der Waals surface area contributed by atoms with Gasteiger partial charge in [-0.1, -0.05) is 18.7 Å². The molecule has 2 aromatic heterocycles. The first-order chi connectivity index (χ1) is 12.2. The number of carbonyl (C=O) groups excluding carboxylic acids is 1. The van der Waals surface area contributed by atoms with Gasteiger partial charge in [-0.25, -0.2) is 0 Å². The van der Waals surface area contributed by atoms with Gasteiger partial charge < -0.3 is 14.4 Å². The summed E-state index contributed by atoms with van der Waals surface area (Å²) in [5.41, 5.74) is -0.111. The second-order valence-corrected chi connectivity index (χ2v) is 7.80. The quantitative estimate of drug-likeness (QED) is 0.766. The van der Waals surface area contributed by atoms with Gasteiger partial charge in [0.05, 0.1) is 18.6 Å². The minimum absolute atomic E-state index is 0.111. The number of furan rings is 1. The van der Waals surface area contributed by atoms with Crippen molar-refractivity contribution >= 4 is 17.7 Å². The predicted octanol–water partition coefficient (Wildman–Crippen LogP) is 2.31. The van der Waals surface area contributed by atoms with E-state index in [4.69, 9.17) is 4.42 Å². The van der Waals surface area contributed by atoms with Crippen LogP contribution in [0, 0.1) is 5.41 Å². The largest absolute Gasteiger partial charge is 0.461 e. The maximum Gasteiger partial charge on any atom is 0.233 e. The van der Waals surface area contributed by atoms with Crippen molar-refractivity contribution in [3.8, 4) is 11.6 Å². The van der Waals surface area contributed by atoms with Gasteiger partial charge in [0.1, 0.15) is 0 Å².